The monoisotopic (exact) mass is 285 g/mol. The molecule has 0 radical (unpaired) electrons. The van der Waals surface area contributed by atoms with Gasteiger partial charge in [-0.3, -0.25) is 4.79 Å². The van der Waals surface area contributed by atoms with E-state index in [9.17, 15) is 14.7 Å². The molecular formula is C17H19NO3. The Bertz CT molecular complexity index is 624. The average Bonchev–Trinajstić information content (AvgIpc) is 3.23. The lowest BCUT2D eigenvalue weighted by atomic mass is 9.96. The minimum atomic E-state index is -1.08. The summed E-state index contributed by atoms with van der Waals surface area (Å²) >= 11 is 0. The van der Waals surface area contributed by atoms with Crippen LogP contribution in [0.5, 0.6) is 0 Å². The molecule has 1 N–H and O–H groups in total. The molecule has 0 bridgehead atoms. The van der Waals surface area contributed by atoms with Gasteiger partial charge in [0.25, 0.3) is 5.91 Å². The van der Waals surface area contributed by atoms with Crippen LogP contribution in [-0.4, -0.2) is 35.0 Å². The third-order valence-electron chi connectivity index (χ3n) is 3.79. The molecule has 110 valence electrons. The van der Waals surface area contributed by atoms with Crippen LogP contribution in [0.2, 0.25) is 0 Å². The van der Waals surface area contributed by atoms with Crippen LogP contribution in [0, 0.1) is 32.1 Å². The first-order valence-electron chi connectivity index (χ1n) is 7.02. The molecule has 2 rings (SSSR count). The lowest BCUT2D eigenvalue weighted by Gasteiger charge is -2.22. The van der Waals surface area contributed by atoms with Crippen molar-refractivity contribution >= 4 is 11.9 Å². The molecule has 1 aromatic carbocycles. The lowest BCUT2D eigenvalue weighted by molar-refractivity contribution is 0.0676. The second-order valence-corrected chi connectivity index (χ2v) is 5.59. The van der Waals surface area contributed by atoms with Crippen LogP contribution in [0.15, 0.2) is 12.1 Å². The zero-order valence-corrected chi connectivity index (χ0v) is 12.3. The van der Waals surface area contributed by atoms with E-state index in [1.807, 2.05) is 0 Å². The number of hydrogen-bond acceptors (Lipinski definition) is 2. The van der Waals surface area contributed by atoms with Gasteiger partial charge in [-0.05, 0) is 43.7 Å². The van der Waals surface area contributed by atoms with Gasteiger partial charge in [-0.2, -0.15) is 0 Å². The first-order valence-corrected chi connectivity index (χ1v) is 7.02. The summed E-state index contributed by atoms with van der Waals surface area (Å²) < 4.78 is 0. The third kappa shape index (κ3) is 3.25. The maximum absolute atomic E-state index is 12.8. The fraction of sp³-hybridized carbons (Fsp3) is 0.412. The SMILES string of the molecule is C#CCN(CC1CC1)C(=O)c1c(C)ccc(C)c1C(=O)O. The molecule has 1 saturated carbocycles. The normalized spacial score (nSPS) is 13.6. The van der Waals surface area contributed by atoms with E-state index in [-0.39, 0.29) is 23.6 Å². The van der Waals surface area contributed by atoms with Crippen molar-refractivity contribution in [2.45, 2.75) is 26.7 Å². The molecule has 1 amide bonds. The highest BCUT2D eigenvalue weighted by atomic mass is 16.4. The molecular weight excluding hydrogens is 266 g/mol. The molecule has 0 unspecified atom stereocenters. The Balaban J connectivity index is 2.43. The van der Waals surface area contributed by atoms with Gasteiger partial charge in [0, 0.05) is 6.54 Å². The number of nitrogens with zero attached hydrogens (tertiary/aromatic N) is 1. The van der Waals surface area contributed by atoms with E-state index in [2.05, 4.69) is 5.92 Å². The van der Waals surface area contributed by atoms with E-state index in [0.717, 1.165) is 12.8 Å². The molecule has 4 heteroatoms. The molecule has 0 heterocycles. The van der Waals surface area contributed by atoms with Gasteiger partial charge in [0.2, 0.25) is 0 Å². The number of rotatable bonds is 5. The molecule has 1 fully saturated rings. The van der Waals surface area contributed by atoms with E-state index in [4.69, 9.17) is 6.42 Å². The zero-order valence-electron chi connectivity index (χ0n) is 12.3. The van der Waals surface area contributed by atoms with Crippen LogP contribution in [-0.2, 0) is 0 Å². The first-order chi connectivity index (χ1) is 9.95. The van der Waals surface area contributed by atoms with Crippen LogP contribution in [0.1, 0.15) is 44.7 Å². The Hall–Kier alpha value is -2.28. The summed E-state index contributed by atoms with van der Waals surface area (Å²) in [6.45, 7) is 4.27. The van der Waals surface area contributed by atoms with Gasteiger partial charge in [-0.25, -0.2) is 4.79 Å². The van der Waals surface area contributed by atoms with E-state index in [1.165, 1.54) is 0 Å². The van der Waals surface area contributed by atoms with Crippen molar-refractivity contribution in [3.8, 4) is 12.3 Å². The highest BCUT2D eigenvalue weighted by molar-refractivity contribution is 6.06. The van der Waals surface area contributed by atoms with Crippen LogP contribution in [0.4, 0.5) is 0 Å². The molecule has 1 aliphatic rings. The summed E-state index contributed by atoms with van der Waals surface area (Å²) in [5.74, 6) is 1.64. The third-order valence-corrected chi connectivity index (χ3v) is 3.79. The molecule has 1 aliphatic carbocycles. The Morgan fingerprint density at radius 3 is 2.33 bits per heavy atom. The van der Waals surface area contributed by atoms with Crippen LogP contribution >= 0.6 is 0 Å². The largest absolute Gasteiger partial charge is 0.478 e. The number of aryl methyl sites for hydroxylation is 2. The Labute approximate surface area is 124 Å². The van der Waals surface area contributed by atoms with E-state index in [1.54, 1.807) is 30.9 Å². The summed E-state index contributed by atoms with van der Waals surface area (Å²) in [5, 5.41) is 9.41. The number of aromatic carboxylic acids is 1. The molecule has 1 aromatic rings. The molecule has 21 heavy (non-hydrogen) atoms. The summed E-state index contributed by atoms with van der Waals surface area (Å²) in [7, 11) is 0. The zero-order chi connectivity index (χ0) is 15.6. The molecule has 0 aromatic heterocycles. The highest BCUT2D eigenvalue weighted by Crippen LogP contribution is 2.30. The van der Waals surface area contributed by atoms with Crippen molar-refractivity contribution in [2.24, 2.45) is 5.92 Å². The second kappa shape index (κ2) is 6.01. The number of carbonyl (C=O) groups excluding carboxylic acids is 1. The van der Waals surface area contributed by atoms with Crippen LogP contribution < -0.4 is 0 Å². The Morgan fingerprint density at radius 1 is 1.29 bits per heavy atom. The van der Waals surface area contributed by atoms with Gasteiger partial charge in [-0.15, -0.1) is 6.42 Å². The van der Waals surface area contributed by atoms with Crippen molar-refractivity contribution in [1.82, 2.24) is 4.90 Å². The van der Waals surface area contributed by atoms with E-state index >= 15 is 0 Å². The lowest BCUT2D eigenvalue weighted by Crippen LogP contribution is -2.35. The predicted molar refractivity (Wildman–Crippen MR) is 80.3 cm³/mol. The fourth-order valence-corrected chi connectivity index (χ4v) is 2.46. The minimum absolute atomic E-state index is 0.0813. The Kier molecular flexibility index (Phi) is 4.32. The van der Waals surface area contributed by atoms with Crippen molar-refractivity contribution in [1.29, 1.82) is 0 Å². The van der Waals surface area contributed by atoms with Gasteiger partial charge in [-0.1, -0.05) is 18.1 Å². The number of benzene rings is 1. The van der Waals surface area contributed by atoms with Gasteiger partial charge in [0.15, 0.2) is 0 Å². The highest BCUT2D eigenvalue weighted by Gasteiger charge is 2.30. The second-order valence-electron chi connectivity index (χ2n) is 5.59. The van der Waals surface area contributed by atoms with Crippen molar-refractivity contribution in [3.63, 3.8) is 0 Å². The number of terminal acetylenes is 1. The van der Waals surface area contributed by atoms with Crippen molar-refractivity contribution in [2.75, 3.05) is 13.1 Å². The summed E-state index contributed by atoms with van der Waals surface area (Å²) in [4.78, 5) is 25.9. The number of carbonyl (C=O) groups is 2. The maximum Gasteiger partial charge on any atom is 0.336 e. The van der Waals surface area contributed by atoms with Gasteiger partial charge in [0.1, 0.15) is 0 Å². The first kappa shape index (κ1) is 15.1. The maximum atomic E-state index is 12.8. The van der Waals surface area contributed by atoms with Crippen molar-refractivity contribution < 1.29 is 14.7 Å². The topological polar surface area (TPSA) is 57.6 Å². The summed E-state index contributed by atoms with van der Waals surface area (Å²) in [6, 6.07) is 3.50. The summed E-state index contributed by atoms with van der Waals surface area (Å²) in [5.41, 5.74) is 1.60. The van der Waals surface area contributed by atoms with Gasteiger partial charge < -0.3 is 10.0 Å². The average molecular weight is 285 g/mol. The summed E-state index contributed by atoms with van der Waals surface area (Å²) in [6.07, 6.45) is 7.56. The van der Waals surface area contributed by atoms with Crippen LogP contribution in [0.3, 0.4) is 0 Å². The standard InChI is InChI=1S/C17H19NO3/c1-4-9-18(10-13-7-8-13)16(19)14-11(2)5-6-12(3)15(14)17(20)21/h1,5-6,13H,7-10H2,2-3H3,(H,20,21). The van der Waals surface area contributed by atoms with Crippen LogP contribution in [0.25, 0.3) is 0 Å². The van der Waals surface area contributed by atoms with E-state index < -0.39 is 5.97 Å². The van der Waals surface area contributed by atoms with Gasteiger partial charge in [0.05, 0.1) is 17.7 Å². The number of carboxylic acids is 1. The van der Waals surface area contributed by atoms with Crippen molar-refractivity contribution in [3.05, 3.63) is 34.4 Å². The molecule has 0 atom stereocenters. The van der Waals surface area contributed by atoms with Gasteiger partial charge >= 0.3 is 5.97 Å². The molecule has 0 aliphatic heterocycles. The fourth-order valence-electron chi connectivity index (χ4n) is 2.46. The number of amides is 1. The molecule has 0 saturated heterocycles. The quantitative estimate of drug-likeness (QED) is 0.846. The molecule has 0 spiro atoms. The predicted octanol–water partition coefficient (Wildman–Crippen LogP) is 2.49. The number of hydrogen-bond donors (Lipinski definition) is 1. The van der Waals surface area contributed by atoms with E-state index in [0.29, 0.717) is 23.6 Å². The Morgan fingerprint density at radius 2 is 1.86 bits per heavy atom. The number of carboxylic acid groups (broad SMARTS) is 1. The molecule has 4 nitrogen and oxygen atoms in total. The minimum Gasteiger partial charge on any atom is -0.478 e. The smallest absolute Gasteiger partial charge is 0.336 e.